The lowest BCUT2D eigenvalue weighted by atomic mass is 9.99. The summed E-state index contributed by atoms with van der Waals surface area (Å²) < 4.78 is 32.5. The van der Waals surface area contributed by atoms with Crippen molar-refractivity contribution < 1.29 is 52.6 Å². The lowest BCUT2D eigenvalue weighted by molar-refractivity contribution is -0.161. The zero-order chi connectivity index (χ0) is 43.7. The second-order valence-corrected chi connectivity index (χ2v) is 17.2. The van der Waals surface area contributed by atoms with Crippen LogP contribution in [0.2, 0.25) is 0 Å². The number of ether oxygens (including phenoxy) is 2. The van der Waals surface area contributed by atoms with Crippen molar-refractivity contribution in [1.29, 1.82) is 0 Å². The van der Waals surface area contributed by atoms with Gasteiger partial charge in [0.25, 0.3) is 0 Å². The molecule has 0 heterocycles. The minimum atomic E-state index is -4.69. The van der Waals surface area contributed by atoms with Crippen molar-refractivity contribution in [3.05, 3.63) is 48.6 Å². The number of rotatable bonds is 42. The van der Waals surface area contributed by atoms with Gasteiger partial charge in [-0.05, 0) is 50.5 Å². The van der Waals surface area contributed by atoms with E-state index in [4.69, 9.17) is 19.1 Å². The van der Waals surface area contributed by atoms with Gasteiger partial charge in [-0.3, -0.25) is 23.4 Å². The van der Waals surface area contributed by atoms with Crippen molar-refractivity contribution in [3.63, 3.8) is 0 Å². The zero-order valence-electron chi connectivity index (χ0n) is 37.1. The van der Waals surface area contributed by atoms with E-state index in [0.29, 0.717) is 6.42 Å². The first-order valence-corrected chi connectivity index (χ1v) is 24.4. The molecule has 12 heteroatoms. The predicted molar refractivity (Wildman–Crippen MR) is 238 cm³/mol. The molecule has 0 fully saturated rings. The SMILES string of the molecule is CCCCC/C=C\C/C=C\C/C=C\C=C\C(=O)CCCC(=O)O[C@H](COC(=O)CCCCCCCCCCCCCCCCC(C)CC)COP(=O)(O)OC[C@@H](O)CO. The van der Waals surface area contributed by atoms with Gasteiger partial charge in [-0.1, -0.05) is 172 Å². The number of hydrogen-bond acceptors (Lipinski definition) is 10. The second-order valence-electron chi connectivity index (χ2n) is 15.7. The lowest BCUT2D eigenvalue weighted by Gasteiger charge is -2.20. The molecule has 0 saturated heterocycles. The highest BCUT2D eigenvalue weighted by molar-refractivity contribution is 7.47. The number of unbranched alkanes of at least 4 members (excludes halogenated alkanes) is 16. The maximum absolute atomic E-state index is 12.6. The molecule has 0 aromatic carbocycles. The third-order valence-corrected chi connectivity index (χ3v) is 11.0. The van der Waals surface area contributed by atoms with E-state index in [9.17, 15) is 28.9 Å². The summed E-state index contributed by atoms with van der Waals surface area (Å²) in [5.74, 6) is -0.462. The summed E-state index contributed by atoms with van der Waals surface area (Å²) in [6.45, 7) is 4.45. The Morgan fingerprint density at radius 3 is 1.80 bits per heavy atom. The van der Waals surface area contributed by atoms with E-state index in [1.54, 1.807) is 12.2 Å². The number of carbonyl (C=O) groups is 3. The fraction of sp³-hybridized carbons (Fsp3) is 0.766. The standard InChI is InChI=1S/C47H83O11P/c1-4-6-7-8-9-10-11-14-18-21-24-27-30-34-43(49)35-32-37-47(52)58-45(41-57-59(53,54)56-39-44(50)38-48)40-55-46(51)36-31-28-25-22-19-16-13-12-15-17-20-23-26-29-33-42(3)5-2/h9-10,14,18,24,27,30,34,42,44-45,48,50H,4-8,11-13,15-17,19-23,25-26,28-29,31-33,35-41H2,1-3H3,(H,53,54)/b10-9-,18-14-,27-24-,34-30+/t42?,44-,45+/m0/s1. The molecule has 0 bridgehead atoms. The molecule has 0 aliphatic carbocycles. The number of allylic oxidation sites excluding steroid dienone is 8. The summed E-state index contributed by atoms with van der Waals surface area (Å²) in [7, 11) is -4.69. The summed E-state index contributed by atoms with van der Waals surface area (Å²) in [6.07, 6.45) is 39.3. The van der Waals surface area contributed by atoms with Gasteiger partial charge in [0, 0.05) is 19.3 Å². The third-order valence-electron chi connectivity index (χ3n) is 10.0. The molecule has 0 rings (SSSR count). The number of carbonyl (C=O) groups excluding carboxylic acids is 3. The molecule has 0 aromatic rings. The van der Waals surface area contributed by atoms with Crippen LogP contribution in [0.25, 0.3) is 0 Å². The van der Waals surface area contributed by atoms with E-state index >= 15 is 0 Å². The molecule has 4 atom stereocenters. The first-order valence-electron chi connectivity index (χ1n) is 22.9. The molecule has 2 unspecified atom stereocenters. The molecule has 0 radical (unpaired) electrons. The van der Waals surface area contributed by atoms with Crippen LogP contribution in [-0.2, 0) is 37.5 Å². The van der Waals surface area contributed by atoms with Gasteiger partial charge in [0.05, 0.1) is 19.8 Å². The van der Waals surface area contributed by atoms with Gasteiger partial charge in [-0.25, -0.2) is 4.57 Å². The van der Waals surface area contributed by atoms with Gasteiger partial charge in [0.1, 0.15) is 12.7 Å². The van der Waals surface area contributed by atoms with Crippen molar-refractivity contribution in [2.75, 3.05) is 26.4 Å². The Morgan fingerprint density at radius 2 is 1.19 bits per heavy atom. The zero-order valence-corrected chi connectivity index (χ0v) is 38.0. The van der Waals surface area contributed by atoms with Crippen LogP contribution in [0.3, 0.4) is 0 Å². The molecule has 11 nitrogen and oxygen atoms in total. The summed E-state index contributed by atoms with van der Waals surface area (Å²) in [6, 6.07) is 0. The van der Waals surface area contributed by atoms with E-state index in [-0.39, 0.29) is 31.5 Å². The van der Waals surface area contributed by atoms with Crippen molar-refractivity contribution in [3.8, 4) is 0 Å². The van der Waals surface area contributed by atoms with Gasteiger partial charge < -0.3 is 24.6 Å². The average Bonchev–Trinajstić information content (AvgIpc) is 3.22. The summed E-state index contributed by atoms with van der Waals surface area (Å²) in [4.78, 5) is 47.3. The smallest absolute Gasteiger partial charge is 0.462 e. The summed E-state index contributed by atoms with van der Waals surface area (Å²) in [5.41, 5.74) is 0. The minimum Gasteiger partial charge on any atom is -0.462 e. The molecule has 0 aromatic heterocycles. The fourth-order valence-corrected chi connectivity index (χ4v) is 6.83. The average molecular weight is 855 g/mol. The van der Waals surface area contributed by atoms with Gasteiger partial charge >= 0.3 is 19.8 Å². The van der Waals surface area contributed by atoms with Crippen molar-refractivity contribution in [1.82, 2.24) is 0 Å². The van der Waals surface area contributed by atoms with Crippen LogP contribution in [0.15, 0.2) is 48.6 Å². The summed E-state index contributed by atoms with van der Waals surface area (Å²) in [5, 5.41) is 18.3. The molecule has 0 spiro atoms. The predicted octanol–water partition coefficient (Wildman–Crippen LogP) is 11.5. The maximum Gasteiger partial charge on any atom is 0.472 e. The third kappa shape index (κ3) is 40.8. The Kier molecular flexibility index (Phi) is 39.3. The Labute approximate surface area is 358 Å². The quantitative estimate of drug-likeness (QED) is 0.0134. The van der Waals surface area contributed by atoms with Gasteiger partial charge in [0.15, 0.2) is 11.9 Å². The van der Waals surface area contributed by atoms with Crippen molar-refractivity contribution in [2.24, 2.45) is 5.92 Å². The minimum absolute atomic E-state index is 0.105. The van der Waals surface area contributed by atoms with Gasteiger partial charge in [-0.2, -0.15) is 0 Å². The molecule has 0 aliphatic heterocycles. The van der Waals surface area contributed by atoms with Crippen molar-refractivity contribution in [2.45, 2.75) is 200 Å². The number of phosphoric ester groups is 1. The molecule has 0 amide bonds. The molecule has 0 aliphatic rings. The van der Waals surface area contributed by atoms with Crippen LogP contribution in [0.1, 0.15) is 188 Å². The van der Waals surface area contributed by atoms with E-state index in [1.165, 1.54) is 102 Å². The van der Waals surface area contributed by atoms with Gasteiger partial charge in [0.2, 0.25) is 0 Å². The molecular weight excluding hydrogens is 771 g/mol. The Morgan fingerprint density at radius 1 is 0.627 bits per heavy atom. The number of esters is 2. The molecule has 342 valence electrons. The number of phosphoric acid groups is 1. The monoisotopic (exact) mass is 855 g/mol. The molecule has 0 saturated carbocycles. The Bertz CT molecular complexity index is 1200. The molecular formula is C47H83O11P. The van der Waals surface area contributed by atoms with Crippen LogP contribution in [0.4, 0.5) is 0 Å². The molecule has 3 N–H and O–H groups in total. The first-order chi connectivity index (χ1) is 28.5. The van der Waals surface area contributed by atoms with Crippen LogP contribution in [-0.4, -0.2) is 71.5 Å². The Balaban J connectivity index is 4.44. The van der Waals surface area contributed by atoms with E-state index in [0.717, 1.165) is 44.4 Å². The number of hydrogen-bond donors (Lipinski definition) is 3. The van der Waals surface area contributed by atoms with Crippen LogP contribution in [0, 0.1) is 5.92 Å². The highest BCUT2D eigenvalue weighted by Crippen LogP contribution is 2.43. The van der Waals surface area contributed by atoms with Gasteiger partial charge in [-0.15, -0.1) is 0 Å². The lowest BCUT2D eigenvalue weighted by Crippen LogP contribution is -2.30. The Hall–Kier alpha value is -2.40. The number of aliphatic hydroxyl groups is 2. The van der Waals surface area contributed by atoms with E-state index in [1.807, 2.05) is 6.08 Å². The normalized spacial score (nSPS) is 14.7. The van der Waals surface area contributed by atoms with E-state index < -0.39 is 58.4 Å². The fourth-order valence-electron chi connectivity index (χ4n) is 6.04. The van der Waals surface area contributed by atoms with Crippen molar-refractivity contribution >= 4 is 25.5 Å². The van der Waals surface area contributed by atoms with Crippen LogP contribution in [0.5, 0.6) is 0 Å². The van der Waals surface area contributed by atoms with E-state index in [2.05, 4.69) is 49.6 Å². The largest absolute Gasteiger partial charge is 0.472 e. The second kappa shape index (κ2) is 41.0. The maximum atomic E-state index is 12.6. The first kappa shape index (κ1) is 56.6. The summed E-state index contributed by atoms with van der Waals surface area (Å²) >= 11 is 0. The highest BCUT2D eigenvalue weighted by Gasteiger charge is 2.27. The highest BCUT2D eigenvalue weighted by atomic mass is 31.2. The topological polar surface area (TPSA) is 166 Å². The number of aliphatic hydroxyl groups excluding tert-OH is 2. The number of ketones is 1. The molecule has 59 heavy (non-hydrogen) atoms. The van der Waals surface area contributed by atoms with Crippen LogP contribution >= 0.6 is 7.82 Å². The van der Waals surface area contributed by atoms with Crippen LogP contribution < -0.4 is 0 Å².